The van der Waals surface area contributed by atoms with Gasteiger partial charge >= 0.3 is 5.97 Å². The molecule has 5 heterocycles. The van der Waals surface area contributed by atoms with Crippen LogP contribution in [0, 0.1) is 0 Å². The number of hydrogen-bond donors (Lipinski definition) is 12. The summed E-state index contributed by atoms with van der Waals surface area (Å²) in [5, 5.41) is 91.6. The number of aliphatic hydroxyl groups excluding tert-OH is 7. The Hall–Kier alpha value is -3.37. The minimum Gasteiger partial charge on any atom is -0.469 e. The van der Waals surface area contributed by atoms with Crippen molar-refractivity contribution in [1.29, 1.82) is 0 Å². The molecule has 0 aromatic heterocycles. The van der Waals surface area contributed by atoms with Crippen LogP contribution < -0.4 is 26.6 Å². The lowest BCUT2D eigenvalue weighted by atomic mass is 9.93. The molecule has 5 fully saturated rings. The van der Waals surface area contributed by atoms with E-state index in [0.29, 0.717) is 44.9 Å². The fourth-order valence-corrected chi connectivity index (χ4v) is 9.37. The van der Waals surface area contributed by atoms with Crippen molar-refractivity contribution < 1.29 is 112 Å². The summed E-state index contributed by atoms with van der Waals surface area (Å²) in [4.78, 5) is 58.2. The van der Waals surface area contributed by atoms with Gasteiger partial charge in [0.2, 0.25) is 25.6 Å². The summed E-state index contributed by atoms with van der Waals surface area (Å²) in [6.45, 7) is 7.13. The van der Waals surface area contributed by atoms with E-state index in [-0.39, 0.29) is 19.0 Å². The molecule has 5 rings (SSSR count). The molecule has 0 saturated carbocycles. The van der Waals surface area contributed by atoms with E-state index in [4.69, 9.17) is 47.4 Å². The van der Waals surface area contributed by atoms with Gasteiger partial charge in [0.25, 0.3) is 0 Å². The summed E-state index contributed by atoms with van der Waals surface area (Å²) >= 11 is 0. The van der Waals surface area contributed by atoms with Gasteiger partial charge < -0.3 is 109 Å². The molecule has 0 spiro atoms. The molecule has 28 heteroatoms. The molecule has 5 saturated heterocycles. The van der Waals surface area contributed by atoms with Crippen LogP contribution in [0.1, 0.15) is 60.3 Å². The highest BCUT2D eigenvalue weighted by Gasteiger charge is 2.56. The third kappa shape index (κ3) is 13.6. The first-order chi connectivity index (χ1) is 33.5. The third-order valence-corrected chi connectivity index (χ3v) is 13.2. The second-order valence-corrected chi connectivity index (χ2v) is 17.8. The fourth-order valence-electron chi connectivity index (χ4n) is 9.37. The normalized spacial score (nSPS) is 44.3. The molecule has 28 nitrogen and oxygen atoms in total. The van der Waals surface area contributed by atoms with E-state index in [9.17, 15) is 59.7 Å². The van der Waals surface area contributed by atoms with Crippen LogP contribution in [-0.4, -0.2) is 241 Å². The van der Waals surface area contributed by atoms with Crippen molar-refractivity contribution in [3.63, 3.8) is 0 Å². The lowest BCUT2D eigenvalue weighted by Crippen LogP contribution is -2.70. The maximum atomic E-state index is 12.1. The number of methoxy groups -OCH3 is 1. The number of unbranched alkanes of at least 4 members (excludes halogenated alkanes) is 2. The zero-order valence-electron chi connectivity index (χ0n) is 39.6. The van der Waals surface area contributed by atoms with Gasteiger partial charge in [-0.2, -0.15) is 0 Å². The van der Waals surface area contributed by atoms with Gasteiger partial charge in [-0.05, 0) is 47.5 Å². The number of rotatable bonds is 25. The summed E-state index contributed by atoms with van der Waals surface area (Å²) in [6.07, 6.45) is -26.5. The zero-order chi connectivity index (χ0) is 51.4. The van der Waals surface area contributed by atoms with Gasteiger partial charge in [-0.15, -0.1) is 0 Å². The summed E-state index contributed by atoms with van der Waals surface area (Å²) in [7, 11) is 1.29. The Morgan fingerprint density at radius 1 is 0.471 bits per heavy atom. The second-order valence-electron chi connectivity index (χ2n) is 17.8. The van der Waals surface area contributed by atoms with E-state index in [2.05, 4.69) is 31.3 Å². The Morgan fingerprint density at radius 2 is 0.857 bits per heavy atom. The van der Waals surface area contributed by atoms with Crippen LogP contribution in [0.25, 0.3) is 0 Å². The van der Waals surface area contributed by atoms with E-state index in [1.807, 2.05) is 0 Å². The molecule has 4 amide bonds. The van der Waals surface area contributed by atoms with Gasteiger partial charge in [-0.25, -0.2) is 0 Å². The van der Waals surface area contributed by atoms with Crippen LogP contribution in [0.15, 0.2) is 0 Å². The maximum absolute atomic E-state index is 12.1. The molecular formula is C42H71N5O23. The second kappa shape index (κ2) is 27.1. The average molecular weight is 1010 g/mol. The molecule has 0 aliphatic carbocycles. The molecule has 5 aliphatic rings. The number of ether oxygens (including phenoxy) is 11. The third-order valence-electron chi connectivity index (χ3n) is 13.2. The van der Waals surface area contributed by atoms with Crippen molar-refractivity contribution in [1.82, 2.24) is 26.6 Å². The Morgan fingerprint density at radius 3 is 1.36 bits per heavy atom. The lowest BCUT2D eigenvalue weighted by Gasteiger charge is -2.51. The zero-order valence-corrected chi connectivity index (χ0v) is 39.6. The SMILES string of the molecule is COC(=O)CCCCCO[C@H]1OC(C)[C@@H](NCO)[C@H](O)C1O[C@H]1OC(C)[C@@H](NC=O)C(O)[C@H]1O[C@H]1OC(C)[C@@H](NC=O)C(O[C@H]2OC(C)[C@@H](NC=O)C(O)C2O[C@H]2OC(C)[C@@H](NC=O)C(O)[C@H]2O)C1O. The minimum absolute atomic E-state index is 0.0891. The maximum Gasteiger partial charge on any atom is 0.305 e. The number of nitrogens with one attached hydrogen (secondary N) is 5. The number of amides is 4. The largest absolute Gasteiger partial charge is 0.469 e. The van der Waals surface area contributed by atoms with Gasteiger partial charge in [0.1, 0.15) is 61.0 Å². The molecule has 25 atom stereocenters. The molecule has 0 aromatic rings. The van der Waals surface area contributed by atoms with Gasteiger partial charge in [-0.3, -0.25) is 29.3 Å². The fraction of sp³-hybridized carbons (Fsp3) is 0.881. The number of esters is 1. The number of aliphatic hydroxyl groups is 7. The number of hydrogen-bond acceptors (Lipinski definition) is 24. The van der Waals surface area contributed by atoms with Crippen LogP contribution in [0.4, 0.5) is 0 Å². The highest BCUT2D eigenvalue weighted by atomic mass is 16.8. The van der Waals surface area contributed by atoms with Crippen LogP contribution >= 0.6 is 0 Å². The lowest BCUT2D eigenvalue weighted by molar-refractivity contribution is -0.387. The molecule has 5 aliphatic heterocycles. The highest BCUT2D eigenvalue weighted by molar-refractivity contribution is 5.68. The Kier molecular flexibility index (Phi) is 22.2. The molecule has 70 heavy (non-hydrogen) atoms. The van der Waals surface area contributed by atoms with Gasteiger partial charge in [0.15, 0.2) is 31.5 Å². The highest BCUT2D eigenvalue weighted by Crippen LogP contribution is 2.36. The first-order valence-corrected chi connectivity index (χ1v) is 23.3. The van der Waals surface area contributed by atoms with Gasteiger partial charge in [0, 0.05) is 13.0 Å². The predicted molar refractivity (Wildman–Crippen MR) is 230 cm³/mol. The van der Waals surface area contributed by atoms with E-state index in [1.54, 1.807) is 6.92 Å². The predicted octanol–water partition coefficient (Wildman–Crippen LogP) is -6.47. The van der Waals surface area contributed by atoms with E-state index < -0.39 is 160 Å². The van der Waals surface area contributed by atoms with Crippen LogP contribution in [0.3, 0.4) is 0 Å². The Bertz CT molecular complexity index is 1650. The van der Waals surface area contributed by atoms with Crippen molar-refractivity contribution in [2.75, 3.05) is 20.4 Å². The molecular weight excluding hydrogens is 942 g/mol. The number of carbonyl (C=O) groups excluding carboxylic acids is 5. The minimum atomic E-state index is -1.94. The quantitative estimate of drug-likeness (QED) is 0.0175. The van der Waals surface area contributed by atoms with Crippen molar-refractivity contribution >= 4 is 31.6 Å². The molecule has 0 radical (unpaired) electrons. The topological polar surface area (TPSA) is 389 Å². The summed E-state index contributed by atoms with van der Waals surface area (Å²) in [5.41, 5.74) is 0. The Balaban J connectivity index is 1.42. The summed E-state index contributed by atoms with van der Waals surface area (Å²) in [5.74, 6) is -0.361. The summed E-state index contributed by atoms with van der Waals surface area (Å²) in [6, 6.07) is -5.50. The van der Waals surface area contributed by atoms with Crippen molar-refractivity contribution in [2.24, 2.45) is 0 Å². The first kappa shape index (κ1) is 57.5. The van der Waals surface area contributed by atoms with E-state index in [1.165, 1.54) is 34.8 Å². The molecule has 402 valence electrons. The van der Waals surface area contributed by atoms with Crippen LogP contribution in [-0.2, 0) is 76.1 Å². The summed E-state index contributed by atoms with van der Waals surface area (Å²) < 4.78 is 66.1. The smallest absolute Gasteiger partial charge is 0.305 e. The van der Waals surface area contributed by atoms with Crippen molar-refractivity contribution in [2.45, 2.75) is 214 Å². The van der Waals surface area contributed by atoms with Crippen LogP contribution in [0.2, 0.25) is 0 Å². The molecule has 12 unspecified atom stereocenters. The van der Waals surface area contributed by atoms with Gasteiger partial charge in [0.05, 0.1) is 74.6 Å². The van der Waals surface area contributed by atoms with Crippen molar-refractivity contribution in [3.8, 4) is 0 Å². The Labute approximate surface area is 403 Å². The molecule has 12 N–H and O–H groups in total. The molecule has 0 aromatic carbocycles. The van der Waals surface area contributed by atoms with Gasteiger partial charge in [-0.1, -0.05) is 6.42 Å². The van der Waals surface area contributed by atoms with E-state index in [0.717, 1.165) is 0 Å². The van der Waals surface area contributed by atoms with Crippen molar-refractivity contribution in [3.05, 3.63) is 0 Å². The average Bonchev–Trinajstić information content (AvgIpc) is 3.32. The van der Waals surface area contributed by atoms with E-state index >= 15 is 0 Å². The van der Waals surface area contributed by atoms with Crippen LogP contribution in [0.5, 0.6) is 0 Å². The molecule has 0 bridgehead atoms. The number of carbonyl (C=O) groups is 5. The standard InChI is InChI=1S/C42H71N5O23/c1-17-23(43-12-48)28(54)32(58)38(62-17)68-36-30(56)25(45-14-50)19(3)65-41(36)67-34-27(47-16-52)21(5)63-39(33(34)59)69-37-31(57)26(46-15-51)20(4)66-42(37)70-35-29(55)24(44-13-49)18(2)64-40(35)61-11-9-7-8-10-22(53)60-6/h12,14-21,23-42,44,49,54-59H,7-11,13H2,1-6H3,(H,43,48)(H,45,50)(H,46,51)(H,47,52)/t17?,18?,19?,20?,21?,23-,24-,25-,26-,27-,28?,29+,30?,31?,32-,33?,34?,35?,36?,37-,38-,39-,40+,41-,42-/m1/s1. The first-order valence-electron chi connectivity index (χ1n) is 23.3. The monoisotopic (exact) mass is 1010 g/mol.